The lowest BCUT2D eigenvalue weighted by molar-refractivity contribution is 0.111. The number of hydrogen-bond acceptors (Lipinski definition) is 2. The van der Waals surface area contributed by atoms with E-state index in [1.54, 1.807) is 7.11 Å². The van der Waals surface area contributed by atoms with Gasteiger partial charge in [-0.05, 0) is 36.2 Å². The van der Waals surface area contributed by atoms with Crippen molar-refractivity contribution in [2.45, 2.75) is 6.92 Å². The molecule has 17 heavy (non-hydrogen) atoms. The van der Waals surface area contributed by atoms with Gasteiger partial charge in [0.25, 0.3) is 0 Å². The lowest BCUT2D eigenvalue weighted by Crippen LogP contribution is -1.90. The van der Waals surface area contributed by atoms with Gasteiger partial charge in [0.2, 0.25) is 0 Å². The second-order valence-corrected chi connectivity index (χ2v) is 4.12. The van der Waals surface area contributed by atoms with Gasteiger partial charge in [-0.15, -0.1) is 0 Å². The number of aldehydes is 1. The Morgan fingerprint density at radius 3 is 2.53 bits per heavy atom. The van der Waals surface area contributed by atoms with E-state index in [1.807, 2.05) is 42.9 Å². The minimum Gasteiger partial charge on any atom is -0.497 e. The van der Waals surface area contributed by atoms with Gasteiger partial charge in [-0.2, -0.15) is 0 Å². The fourth-order valence-corrected chi connectivity index (χ4v) is 1.89. The number of carbonyl (C=O) groups excluding carboxylic acids is 1. The molecule has 0 aliphatic heterocycles. The predicted octanol–water partition coefficient (Wildman–Crippen LogP) is 2.82. The predicted molar refractivity (Wildman–Crippen MR) is 67.5 cm³/mol. The molecule has 0 saturated heterocycles. The van der Waals surface area contributed by atoms with Crippen molar-refractivity contribution in [2.24, 2.45) is 7.05 Å². The highest BCUT2D eigenvalue weighted by molar-refractivity contribution is 5.78. The van der Waals surface area contributed by atoms with Crippen LogP contribution >= 0.6 is 0 Å². The molecule has 0 fully saturated rings. The third kappa shape index (κ3) is 2.23. The van der Waals surface area contributed by atoms with Crippen LogP contribution in [0.2, 0.25) is 0 Å². The summed E-state index contributed by atoms with van der Waals surface area (Å²) in [5.41, 5.74) is 3.89. The van der Waals surface area contributed by atoms with Crippen LogP contribution in [0.25, 0.3) is 11.1 Å². The van der Waals surface area contributed by atoms with E-state index in [-0.39, 0.29) is 0 Å². The Hall–Kier alpha value is -2.03. The standard InChI is InChI=1S/C14H15NO2/c1-10-4-11(7-14(5-10)17-3)12-6-13(9-16)15(2)8-12/h4-9H,1-3H3. The van der Waals surface area contributed by atoms with Gasteiger partial charge in [0.15, 0.2) is 6.29 Å². The fourth-order valence-electron chi connectivity index (χ4n) is 1.89. The molecule has 1 aromatic carbocycles. The second-order valence-electron chi connectivity index (χ2n) is 4.12. The average Bonchev–Trinajstić information content (AvgIpc) is 2.69. The maximum absolute atomic E-state index is 10.8. The molecule has 0 atom stereocenters. The molecule has 88 valence electrons. The first-order chi connectivity index (χ1) is 8.13. The number of carbonyl (C=O) groups is 1. The van der Waals surface area contributed by atoms with Crippen LogP contribution in [-0.4, -0.2) is 18.0 Å². The first kappa shape index (κ1) is 11.5. The second kappa shape index (κ2) is 4.45. The van der Waals surface area contributed by atoms with Crippen LogP contribution in [-0.2, 0) is 7.05 Å². The first-order valence-electron chi connectivity index (χ1n) is 5.41. The molecule has 0 unspecified atom stereocenters. The van der Waals surface area contributed by atoms with Gasteiger partial charge in [0.1, 0.15) is 5.75 Å². The highest BCUT2D eigenvalue weighted by atomic mass is 16.5. The van der Waals surface area contributed by atoms with Gasteiger partial charge in [-0.3, -0.25) is 4.79 Å². The third-order valence-corrected chi connectivity index (χ3v) is 2.78. The van der Waals surface area contributed by atoms with Crippen LogP contribution in [0.5, 0.6) is 5.75 Å². The zero-order valence-corrected chi connectivity index (χ0v) is 10.2. The molecule has 0 spiro atoms. The van der Waals surface area contributed by atoms with Crippen LogP contribution in [0.3, 0.4) is 0 Å². The quantitative estimate of drug-likeness (QED) is 0.758. The van der Waals surface area contributed by atoms with Crippen molar-refractivity contribution in [3.8, 4) is 16.9 Å². The van der Waals surface area contributed by atoms with Gasteiger partial charge in [-0.1, -0.05) is 6.07 Å². The van der Waals surface area contributed by atoms with Crippen molar-refractivity contribution in [1.29, 1.82) is 0 Å². The van der Waals surface area contributed by atoms with E-state index >= 15 is 0 Å². The SMILES string of the molecule is COc1cc(C)cc(-c2cc(C=O)n(C)c2)c1. The molecule has 2 rings (SSSR count). The summed E-state index contributed by atoms with van der Waals surface area (Å²) in [4.78, 5) is 10.8. The number of rotatable bonds is 3. The minimum atomic E-state index is 0.667. The van der Waals surface area contributed by atoms with Gasteiger partial charge in [0.05, 0.1) is 12.8 Å². The van der Waals surface area contributed by atoms with Crippen molar-refractivity contribution < 1.29 is 9.53 Å². The molecule has 1 aromatic heterocycles. The normalized spacial score (nSPS) is 10.3. The molecule has 0 saturated carbocycles. The largest absolute Gasteiger partial charge is 0.497 e. The monoisotopic (exact) mass is 229 g/mol. The van der Waals surface area contributed by atoms with Crippen molar-refractivity contribution in [1.82, 2.24) is 4.57 Å². The number of ether oxygens (including phenoxy) is 1. The van der Waals surface area contributed by atoms with Crippen LogP contribution < -0.4 is 4.74 Å². The lowest BCUT2D eigenvalue weighted by atomic mass is 10.1. The molecule has 2 aromatic rings. The maximum Gasteiger partial charge on any atom is 0.166 e. The number of benzene rings is 1. The van der Waals surface area contributed by atoms with Crippen LogP contribution in [0, 0.1) is 6.92 Å². The summed E-state index contributed by atoms with van der Waals surface area (Å²) in [6, 6.07) is 7.90. The molecule has 3 nitrogen and oxygen atoms in total. The van der Waals surface area contributed by atoms with Crippen LogP contribution in [0.4, 0.5) is 0 Å². The van der Waals surface area contributed by atoms with E-state index in [1.165, 1.54) is 0 Å². The van der Waals surface area contributed by atoms with Crippen LogP contribution in [0.1, 0.15) is 16.1 Å². The Kier molecular flexibility index (Phi) is 3.00. The molecule has 0 aliphatic carbocycles. The van der Waals surface area contributed by atoms with Gasteiger partial charge in [-0.25, -0.2) is 0 Å². The van der Waals surface area contributed by atoms with E-state index in [0.717, 1.165) is 28.7 Å². The highest BCUT2D eigenvalue weighted by Gasteiger charge is 2.06. The maximum atomic E-state index is 10.8. The number of aromatic nitrogens is 1. The molecule has 0 radical (unpaired) electrons. The summed E-state index contributed by atoms with van der Waals surface area (Å²) in [6.45, 7) is 2.02. The summed E-state index contributed by atoms with van der Waals surface area (Å²) >= 11 is 0. The molecule has 0 N–H and O–H groups in total. The topological polar surface area (TPSA) is 31.2 Å². The zero-order valence-electron chi connectivity index (χ0n) is 10.2. The van der Waals surface area contributed by atoms with E-state index in [2.05, 4.69) is 6.07 Å². The molecule has 0 bridgehead atoms. The van der Waals surface area contributed by atoms with E-state index in [9.17, 15) is 4.79 Å². The zero-order chi connectivity index (χ0) is 12.4. The van der Waals surface area contributed by atoms with Gasteiger partial charge in [0, 0.05) is 18.8 Å². The Bertz CT molecular complexity index is 555. The Morgan fingerprint density at radius 1 is 1.18 bits per heavy atom. The number of nitrogens with zero attached hydrogens (tertiary/aromatic N) is 1. The number of hydrogen-bond donors (Lipinski definition) is 0. The smallest absolute Gasteiger partial charge is 0.166 e. The van der Waals surface area contributed by atoms with Crippen molar-refractivity contribution >= 4 is 6.29 Å². The van der Waals surface area contributed by atoms with Crippen molar-refractivity contribution in [2.75, 3.05) is 7.11 Å². The summed E-state index contributed by atoms with van der Waals surface area (Å²) in [5.74, 6) is 0.830. The Balaban J connectivity index is 2.51. The van der Waals surface area contributed by atoms with E-state index in [0.29, 0.717) is 5.69 Å². The van der Waals surface area contributed by atoms with Crippen LogP contribution in [0.15, 0.2) is 30.5 Å². The summed E-state index contributed by atoms with van der Waals surface area (Å²) in [6.07, 6.45) is 2.80. The van der Waals surface area contributed by atoms with E-state index in [4.69, 9.17) is 4.74 Å². The molecule has 0 aliphatic rings. The van der Waals surface area contributed by atoms with Crippen molar-refractivity contribution in [3.63, 3.8) is 0 Å². The summed E-state index contributed by atoms with van der Waals surface area (Å²) < 4.78 is 7.06. The Morgan fingerprint density at radius 2 is 1.94 bits per heavy atom. The average molecular weight is 229 g/mol. The summed E-state index contributed by atoms with van der Waals surface area (Å²) in [7, 11) is 3.51. The summed E-state index contributed by atoms with van der Waals surface area (Å²) in [5, 5.41) is 0. The van der Waals surface area contributed by atoms with Gasteiger partial charge < -0.3 is 9.30 Å². The fraction of sp³-hybridized carbons (Fsp3) is 0.214. The molecule has 1 heterocycles. The first-order valence-corrected chi connectivity index (χ1v) is 5.41. The third-order valence-electron chi connectivity index (χ3n) is 2.78. The minimum absolute atomic E-state index is 0.667. The molecular weight excluding hydrogens is 214 g/mol. The van der Waals surface area contributed by atoms with E-state index < -0.39 is 0 Å². The van der Waals surface area contributed by atoms with Crippen molar-refractivity contribution in [3.05, 3.63) is 41.7 Å². The number of aryl methyl sites for hydroxylation is 2. The Labute approximate surface area is 101 Å². The molecule has 3 heteroatoms. The lowest BCUT2D eigenvalue weighted by Gasteiger charge is -2.05. The highest BCUT2D eigenvalue weighted by Crippen LogP contribution is 2.26. The van der Waals surface area contributed by atoms with Gasteiger partial charge >= 0.3 is 0 Å². The molecule has 0 amide bonds. The number of methoxy groups -OCH3 is 1. The molecular formula is C14H15NO2.